The normalized spacial score (nSPS) is 28.1. The van der Waals surface area contributed by atoms with Gasteiger partial charge in [-0.15, -0.1) is 0 Å². The van der Waals surface area contributed by atoms with Crippen molar-refractivity contribution in [1.29, 1.82) is 0 Å². The summed E-state index contributed by atoms with van der Waals surface area (Å²) in [5.74, 6) is 3.48. The molecule has 0 bridgehead atoms. The molecule has 1 aliphatic heterocycles. The summed E-state index contributed by atoms with van der Waals surface area (Å²) in [5.41, 5.74) is 0.320. The van der Waals surface area contributed by atoms with E-state index in [1.807, 2.05) is 0 Å². The van der Waals surface area contributed by atoms with Crippen molar-refractivity contribution >= 4 is 11.8 Å². The number of hydrogen-bond acceptors (Lipinski definition) is 2. The number of hydrogen-bond donors (Lipinski definition) is 1. The van der Waals surface area contributed by atoms with Crippen molar-refractivity contribution in [2.24, 2.45) is 11.3 Å². The molecule has 0 radical (unpaired) electrons. The van der Waals surface area contributed by atoms with Gasteiger partial charge in [0, 0.05) is 6.61 Å². The van der Waals surface area contributed by atoms with Crippen molar-refractivity contribution in [3.05, 3.63) is 0 Å². The molecule has 82 valence electrons. The molecule has 1 aliphatic carbocycles. The summed E-state index contributed by atoms with van der Waals surface area (Å²) < 4.78 is 0. The number of aliphatic hydroxyl groups is 1. The van der Waals surface area contributed by atoms with E-state index in [-0.39, 0.29) is 0 Å². The second-order valence-corrected chi connectivity index (χ2v) is 6.35. The molecule has 0 aromatic carbocycles. The van der Waals surface area contributed by atoms with Crippen LogP contribution in [0.1, 0.15) is 44.9 Å². The van der Waals surface area contributed by atoms with Gasteiger partial charge in [-0.3, -0.25) is 0 Å². The quantitative estimate of drug-likeness (QED) is 0.779. The Kier molecular flexibility index (Phi) is 3.78. The molecule has 2 aliphatic rings. The predicted molar refractivity (Wildman–Crippen MR) is 62.7 cm³/mol. The van der Waals surface area contributed by atoms with Crippen molar-refractivity contribution < 1.29 is 5.11 Å². The second-order valence-electron chi connectivity index (χ2n) is 5.13. The van der Waals surface area contributed by atoms with E-state index in [9.17, 15) is 5.11 Å². The van der Waals surface area contributed by atoms with Gasteiger partial charge in [-0.25, -0.2) is 0 Å². The lowest BCUT2D eigenvalue weighted by Gasteiger charge is -2.37. The Hall–Kier alpha value is 0.310. The van der Waals surface area contributed by atoms with Crippen LogP contribution in [0.5, 0.6) is 0 Å². The van der Waals surface area contributed by atoms with Crippen molar-refractivity contribution in [3.63, 3.8) is 0 Å². The molecule has 0 amide bonds. The third-order valence-electron chi connectivity index (χ3n) is 4.09. The zero-order valence-corrected chi connectivity index (χ0v) is 9.82. The van der Waals surface area contributed by atoms with E-state index >= 15 is 0 Å². The van der Waals surface area contributed by atoms with Gasteiger partial charge in [-0.1, -0.05) is 25.7 Å². The average molecular weight is 214 g/mol. The fourth-order valence-electron chi connectivity index (χ4n) is 3.06. The molecule has 2 rings (SSSR count). The van der Waals surface area contributed by atoms with Gasteiger partial charge in [-0.2, -0.15) is 11.8 Å². The van der Waals surface area contributed by atoms with Crippen LogP contribution in [0.15, 0.2) is 0 Å². The van der Waals surface area contributed by atoms with Gasteiger partial charge >= 0.3 is 0 Å². The zero-order valence-electron chi connectivity index (χ0n) is 9.00. The molecule has 0 spiro atoms. The standard InChI is InChI=1S/C12H22OS/c13-10-12(5-7-14-8-6-12)9-11-3-1-2-4-11/h11,13H,1-10H2. The highest BCUT2D eigenvalue weighted by Crippen LogP contribution is 2.43. The maximum Gasteiger partial charge on any atom is 0.0488 e. The summed E-state index contributed by atoms with van der Waals surface area (Å²) in [6.45, 7) is 0.435. The summed E-state index contributed by atoms with van der Waals surface area (Å²) in [6.07, 6.45) is 9.53. The SMILES string of the molecule is OCC1(CC2CCCC2)CCSCC1. The second kappa shape index (κ2) is 4.89. The molecule has 0 aromatic heterocycles. The molecule has 1 saturated carbocycles. The van der Waals surface area contributed by atoms with E-state index in [4.69, 9.17) is 0 Å². The Bertz CT molecular complexity index is 169. The van der Waals surface area contributed by atoms with Crippen molar-refractivity contribution in [2.45, 2.75) is 44.9 Å². The van der Waals surface area contributed by atoms with Crippen LogP contribution < -0.4 is 0 Å². The molecule has 1 saturated heterocycles. The molecule has 2 heteroatoms. The molecular weight excluding hydrogens is 192 g/mol. The van der Waals surface area contributed by atoms with Crippen LogP contribution in [0, 0.1) is 11.3 Å². The Balaban J connectivity index is 1.89. The molecule has 1 N–H and O–H groups in total. The first-order chi connectivity index (χ1) is 6.85. The molecule has 14 heavy (non-hydrogen) atoms. The van der Waals surface area contributed by atoms with Gasteiger partial charge in [0.15, 0.2) is 0 Å². The first-order valence-corrected chi connectivity index (χ1v) is 7.19. The lowest BCUT2D eigenvalue weighted by atomic mass is 9.75. The van der Waals surface area contributed by atoms with Crippen LogP contribution >= 0.6 is 11.8 Å². The highest BCUT2D eigenvalue weighted by molar-refractivity contribution is 7.99. The maximum atomic E-state index is 9.59. The molecule has 1 nitrogen and oxygen atoms in total. The first-order valence-electron chi connectivity index (χ1n) is 6.03. The average Bonchev–Trinajstić information content (AvgIpc) is 2.72. The van der Waals surface area contributed by atoms with E-state index in [1.54, 1.807) is 0 Å². The summed E-state index contributed by atoms with van der Waals surface area (Å²) in [4.78, 5) is 0. The molecule has 0 atom stereocenters. The van der Waals surface area contributed by atoms with Crippen LogP contribution in [0.4, 0.5) is 0 Å². The number of rotatable bonds is 3. The van der Waals surface area contributed by atoms with Gasteiger partial charge < -0.3 is 5.11 Å². The van der Waals surface area contributed by atoms with Gasteiger partial charge in [0.05, 0.1) is 0 Å². The third-order valence-corrected chi connectivity index (χ3v) is 5.07. The highest BCUT2D eigenvalue weighted by atomic mass is 32.2. The van der Waals surface area contributed by atoms with Gasteiger partial charge in [0.2, 0.25) is 0 Å². The number of thioether (sulfide) groups is 1. The largest absolute Gasteiger partial charge is 0.396 e. The van der Waals surface area contributed by atoms with E-state index in [0.717, 1.165) is 5.92 Å². The molecular formula is C12H22OS. The highest BCUT2D eigenvalue weighted by Gasteiger charge is 2.34. The Labute approximate surface area is 91.7 Å². The van der Waals surface area contributed by atoms with E-state index < -0.39 is 0 Å². The minimum Gasteiger partial charge on any atom is -0.396 e. The summed E-state index contributed by atoms with van der Waals surface area (Å²) >= 11 is 2.06. The monoisotopic (exact) mass is 214 g/mol. The molecule has 1 heterocycles. The lowest BCUT2D eigenvalue weighted by Crippen LogP contribution is -2.32. The van der Waals surface area contributed by atoms with Gasteiger partial charge in [0.25, 0.3) is 0 Å². The number of aliphatic hydroxyl groups excluding tert-OH is 1. The predicted octanol–water partition coefficient (Wildman–Crippen LogP) is 3.07. The van der Waals surface area contributed by atoms with E-state index in [0.29, 0.717) is 12.0 Å². The summed E-state index contributed by atoms with van der Waals surface area (Å²) in [7, 11) is 0. The fraction of sp³-hybridized carbons (Fsp3) is 1.00. The third kappa shape index (κ3) is 2.46. The van der Waals surface area contributed by atoms with Crippen LogP contribution in [-0.2, 0) is 0 Å². The van der Waals surface area contributed by atoms with Crippen molar-refractivity contribution in [2.75, 3.05) is 18.1 Å². The molecule has 2 fully saturated rings. The Morgan fingerprint density at radius 2 is 1.79 bits per heavy atom. The van der Waals surface area contributed by atoms with Crippen molar-refractivity contribution in [1.82, 2.24) is 0 Å². The van der Waals surface area contributed by atoms with Gasteiger partial charge in [-0.05, 0) is 42.1 Å². The summed E-state index contributed by atoms with van der Waals surface area (Å²) in [5, 5.41) is 9.59. The van der Waals surface area contributed by atoms with Crippen molar-refractivity contribution in [3.8, 4) is 0 Å². The van der Waals surface area contributed by atoms with Crippen LogP contribution in [0.2, 0.25) is 0 Å². The van der Waals surface area contributed by atoms with Crippen LogP contribution in [0.25, 0.3) is 0 Å². The van der Waals surface area contributed by atoms with E-state index in [2.05, 4.69) is 11.8 Å². The summed E-state index contributed by atoms with van der Waals surface area (Å²) in [6, 6.07) is 0. The smallest absolute Gasteiger partial charge is 0.0488 e. The molecule has 0 aromatic rings. The first kappa shape index (κ1) is 10.8. The zero-order chi connectivity index (χ0) is 9.86. The Morgan fingerprint density at radius 3 is 2.36 bits per heavy atom. The lowest BCUT2D eigenvalue weighted by molar-refractivity contribution is 0.0866. The topological polar surface area (TPSA) is 20.2 Å². The molecule has 0 unspecified atom stereocenters. The Morgan fingerprint density at radius 1 is 1.14 bits per heavy atom. The maximum absolute atomic E-state index is 9.59. The minimum atomic E-state index is 0.320. The van der Waals surface area contributed by atoms with Gasteiger partial charge in [0.1, 0.15) is 0 Å². The van der Waals surface area contributed by atoms with Crippen LogP contribution in [-0.4, -0.2) is 23.2 Å². The minimum absolute atomic E-state index is 0.320. The van der Waals surface area contributed by atoms with E-state index in [1.165, 1.54) is 56.5 Å². The fourth-order valence-corrected chi connectivity index (χ4v) is 4.42. The van der Waals surface area contributed by atoms with Crippen LogP contribution in [0.3, 0.4) is 0 Å².